The maximum absolute atomic E-state index is 12.7. The zero-order valence-corrected chi connectivity index (χ0v) is 11.4. The van der Waals surface area contributed by atoms with Crippen molar-refractivity contribution in [2.45, 2.75) is 12.6 Å². The molecule has 0 saturated heterocycles. The van der Waals surface area contributed by atoms with Crippen LogP contribution in [0, 0.1) is 0 Å². The fourth-order valence-corrected chi connectivity index (χ4v) is 1.63. The van der Waals surface area contributed by atoms with Crippen molar-refractivity contribution >= 4 is 11.6 Å². The van der Waals surface area contributed by atoms with Gasteiger partial charge in [-0.1, -0.05) is 0 Å². The molecule has 0 bridgehead atoms. The summed E-state index contributed by atoms with van der Waals surface area (Å²) >= 11 is 0. The van der Waals surface area contributed by atoms with Crippen molar-refractivity contribution in [3.05, 3.63) is 24.0 Å². The second-order valence-electron chi connectivity index (χ2n) is 4.24. The Labute approximate surface area is 118 Å². The maximum atomic E-state index is 12.7. The van der Waals surface area contributed by atoms with Crippen LogP contribution in [0.4, 0.5) is 24.8 Å². The van der Waals surface area contributed by atoms with Crippen molar-refractivity contribution in [1.82, 2.24) is 24.7 Å². The monoisotopic (exact) mass is 301 g/mol. The van der Waals surface area contributed by atoms with E-state index in [1.807, 2.05) is 0 Å². The van der Waals surface area contributed by atoms with Gasteiger partial charge in [0.05, 0.1) is 0 Å². The van der Waals surface area contributed by atoms with Crippen LogP contribution in [-0.4, -0.2) is 38.3 Å². The number of nitrogens with one attached hydrogen (secondary N) is 2. The standard InChI is InChI=1S/C11H14F3N7/c1-15-7-5-8(19-10(18-7)11(12,13)14)16-4-3-9-20-17-6-21(9)2/h5-6H,3-4H2,1-2H3,(H2,15,16,18,19). The molecule has 0 aliphatic carbocycles. The molecule has 0 fully saturated rings. The fraction of sp³-hybridized carbons (Fsp3) is 0.455. The molecule has 10 heteroatoms. The summed E-state index contributed by atoms with van der Waals surface area (Å²) in [6, 6.07) is 1.41. The molecule has 0 aliphatic heterocycles. The van der Waals surface area contributed by atoms with Gasteiger partial charge in [0.2, 0.25) is 5.82 Å². The molecule has 2 aromatic rings. The lowest BCUT2D eigenvalue weighted by Crippen LogP contribution is -2.16. The normalized spacial score (nSPS) is 11.5. The van der Waals surface area contributed by atoms with Crippen molar-refractivity contribution in [1.29, 1.82) is 0 Å². The first-order chi connectivity index (χ1) is 9.90. The average Bonchev–Trinajstić information content (AvgIpc) is 2.83. The average molecular weight is 301 g/mol. The molecule has 0 unspecified atom stereocenters. The van der Waals surface area contributed by atoms with Gasteiger partial charge in [0.1, 0.15) is 23.8 Å². The van der Waals surface area contributed by atoms with E-state index >= 15 is 0 Å². The van der Waals surface area contributed by atoms with Gasteiger partial charge in [-0.15, -0.1) is 10.2 Å². The number of anilines is 2. The van der Waals surface area contributed by atoms with Crippen molar-refractivity contribution in [3.63, 3.8) is 0 Å². The summed E-state index contributed by atoms with van der Waals surface area (Å²) in [4.78, 5) is 6.85. The molecule has 0 aromatic carbocycles. The number of aromatic nitrogens is 5. The number of hydrogen-bond acceptors (Lipinski definition) is 6. The van der Waals surface area contributed by atoms with Crippen LogP contribution in [0.25, 0.3) is 0 Å². The quantitative estimate of drug-likeness (QED) is 0.867. The second-order valence-corrected chi connectivity index (χ2v) is 4.24. The fourth-order valence-electron chi connectivity index (χ4n) is 1.63. The number of rotatable bonds is 5. The summed E-state index contributed by atoms with van der Waals surface area (Å²) in [6.07, 6.45) is -2.52. The Bertz CT molecular complexity index is 608. The highest BCUT2D eigenvalue weighted by Gasteiger charge is 2.35. The lowest BCUT2D eigenvalue weighted by atomic mass is 10.4. The van der Waals surface area contributed by atoms with E-state index in [4.69, 9.17) is 0 Å². The van der Waals surface area contributed by atoms with Crippen LogP contribution in [0.2, 0.25) is 0 Å². The molecule has 0 spiro atoms. The molecule has 114 valence electrons. The molecule has 21 heavy (non-hydrogen) atoms. The Morgan fingerprint density at radius 3 is 2.52 bits per heavy atom. The minimum absolute atomic E-state index is 0.0958. The molecule has 0 atom stereocenters. The van der Waals surface area contributed by atoms with E-state index in [0.29, 0.717) is 13.0 Å². The second kappa shape index (κ2) is 5.94. The topological polar surface area (TPSA) is 80.5 Å². The summed E-state index contributed by atoms with van der Waals surface area (Å²) in [6.45, 7) is 0.379. The highest BCUT2D eigenvalue weighted by atomic mass is 19.4. The van der Waals surface area contributed by atoms with Gasteiger partial charge < -0.3 is 15.2 Å². The van der Waals surface area contributed by atoms with Gasteiger partial charge in [-0.3, -0.25) is 0 Å². The molecule has 0 amide bonds. The van der Waals surface area contributed by atoms with Crippen LogP contribution in [0.1, 0.15) is 11.6 Å². The predicted molar refractivity (Wildman–Crippen MR) is 69.8 cm³/mol. The Morgan fingerprint density at radius 2 is 1.95 bits per heavy atom. The molecule has 2 heterocycles. The summed E-state index contributed by atoms with van der Waals surface area (Å²) in [5, 5.41) is 13.0. The van der Waals surface area contributed by atoms with E-state index < -0.39 is 12.0 Å². The van der Waals surface area contributed by atoms with Gasteiger partial charge in [0.15, 0.2) is 0 Å². The Kier molecular flexibility index (Phi) is 4.24. The third kappa shape index (κ3) is 3.80. The van der Waals surface area contributed by atoms with Crippen LogP contribution in [-0.2, 0) is 19.6 Å². The smallest absolute Gasteiger partial charge is 0.373 e. The van der Waals surface area contributed by atoms with Crippen molar-refractivity contribution < 1.29 is 13.2 Å². The van der Waals surface area contributed by atoms with Gasteiger partial charge in [-0.25, -0.2) is 9.97 Å². The molecule has 2 aromatic heterocycles. The van der Waals surface area contributed by atoms with E-state index in [2.05, 4.69) is 30.8 Å². The van der Waals surface area contributed by atoms with E-state index in [0.717, 1.165) is 5.82 Å². The highest BCUT2D eigenvalue weighted by molar-refractivity contribution is 5.47. The van der Waals surface area contributed by atoms with Gasteiger partial charge in [-0.05, 0) is 0 Å². The summed E-state index contributed by atoms with van der Waals surface area (Å²) < 4.78 is 39.8. The molecule has 0 radical (unpaired) electrons. The predicted octanol–water partition coefficient (Wildman–Crippen LogP) is 1.32. The van der Waals surface area contributed by atoms with Crippen molar-refractivity contribution in [2.24, 2.45) is 7.05 Å². The number of alkyl halides is 3. The Morgan fingerprint density at radius 1 is 1.24 bits per heavy atom. The number of aryl methyl sites for hydroxylation is 1. The summed E-state index contributed by atoms with van der Waals surface area (Å²) in [5.74, 6) is -0.265. The summed E-state index contributed by atoms with van der Waals surface area (Å²) in [7, 11) is 3.28. The van der Waals surface area contributed by atoms with Gasteiger partial charge in [-0.2, -0.15) is 13.2 Å². The van der Waals surface area contributed by atoms with Crippen molar-refractivity contribution in [2.75, 3.05) is 24.2 Å². The largest absolute Gasteiger partial charge is 0.451 e. The van der Waals surface area contributed by atoms with Crippen molar-refractivity contribution in [3.8, 4) is 0 Å². The minimum Gasteiger partial charge on any atom is -0.373 e. The first-order valence-corrected chi connectivity index (χ1v) is 6.11. The van der Waals surface area contributed by atoms with Gasteiger partial charge in [0.25, 0.3) is 0 Å². The number of halogens is 3. The Hall–Kier alpha value is -2.39. The van der Waals surface area contributed by atoms with Crippen LogP contribution in [0.15, 0.2) is 12.4 Å². The molecule has 0 saturated carbocycles. The third-order valence-electron chi connectivity index (χ3n) is 2.70. The van der Waals surface area contributed by atoms with Gasteiger partial charge in [0, 0.05) is 33.1 Å². The third-order valence-corrected chi connectivity index (χ3v) is 2.70. The zero-order chi connectivity index (χ0) is 15.5. The molecule has 2 rings (SSSR count). The van der Waals surface area contributed by atoms with E-state index in [-0.39, 0.29) is 11.6 Å². The maximum Gasteiger partial charge on any atom is 0.451 e. The Balaban J connectivity index is 2.07. The number of hydrogen-bond donors (Lipinski definition) is 2. The van der Waals surface area contributed by atoms with Crippen LogP contribution >= 0.6 is 0 Å². The zero-order valence-electron chi connectivity index (χ0n) is 11.4. The molecular formula is C11H14F3N7. The van der Waals surface area contributed by atoms with E-state index in [1.165, 1.54) is 13.1 Å². The first-order valence-electron chi connectivity index (χ1n) is 6.11. The SMILES string of the molecule is CNc1cc(NCCc2nncn2C)nc(C(F)(F)F)n1. The lowest BCUT2D eigenvalue weighted by molar-refractivity contribution is -0.144. The first kappa shape index (κ1) is 15.0. The summed E-state index contributed by atoms with van der Waals surface area (Å²) in [5.41, 5.74) is 0. The van der Waals surface area contributed by atoms with E-state index in [9.17, 15) is 13.2 Å². The molecule has 7 nitrogen and oxygen atoms in total. The van der Waals surface area contributed by atoms with Crippen LogP contribution in [0.5, 0.6) is 0 Å². The van der Waals surface area contributed by atoms with Crippen LogP contribution in [0.3, 0.4) is 0 Å². The van der Waals surface area contributed by atoms with Crippen LogP contribution < -0.4 is 10.6 Å². The molecule has 2 N–H and O–H groups in total. The molecular weight excluding hydrogens is 287 g/mol. The van der Waals surface area contributed by atoms with E-state index in [1.54, 1.807) is 17.9 Å². The highest BCUT2D eigenvalue weighted by Crippen LogP contribution is 2.28. The van der Waals surface area contributed by atoms with Gasteiger partial charge >= 0.3 is 6.18 Å². The lowest BCUT2D eigenvalue weighted by Gasteiger charge is -2.11. The number of nitrogens with zero attached hydrogens (tertiary/aromatic N) is 5. The molecule has 0 aliphatic rings. The minimum atomic E-state index is -4.59.